The first-order valence-electron chi connectivity index (χ1n) is 6.89. The van der Waals surface area contributed by atoms with Crippen LogP contribution in [0.3, 0.4) is 0 Å². The van der Waals surface area contributed by atoms with Crippen molar-refractivity contribution >= 4 is 21.9 Å². The van der Waals surface area contributed by atoms with Gasteiger partial charge < -0.3 is 4.74 Å². The topological polar surface area (TPSA) is 26.3 Å². The Bertz CT molecular complexity index is 436. The summed E-state index contributed by atoms with van der Waals surface area (Å²) >= 11 is 3.43. The highest BCUT2D eigenvalue weighted by atomic mass is 79.9. The quantitative estimate of drug-likeness (QED) is 0.619. The summed E-state index contributed by atoms with van der Waals surface area (Å²) in [7, 11) is 0. The minimum atomic E-state index is -0.462. The van der Waals surface area contributed by atoms with E-state index in [1.165, 1.54) is 6.42 Å². The summed E-state index contributed by atoms with van der Waals surface area (Å²) in [5.74, 6) is -0.0742. The molecule has 1 aromatic rings. The van der Waals surface area contributed by atoms with Crippen molar-refractivity contribution in [3.05, 3.63) is 35.4 Å². The van der Waals surface area contributed by atoms with E-state index in [1.807, 2.05) is 13.0 Å². The van der Waals surface area contributed by atoms with E-state index in [2.05, 4.69) is 34.1 Å². The van der Waals surface area contributed by atoms with Gasteiger partial charge in [-0.1, -0.05) is 47.3 Å². The Morgan fingerprint density at radius 1 is 1.42 bits per heavy atom. The Hall–Kier alpha value is -1.01. The van der Waals surface area contributed by atoms with Gasteiger partial charge in [0.15, 0.2) is 0 Å². The summed E-state index contributed by atoms with van der Waals surface area (Å²) in [4.78, 5) is 12.5. The fraction of sp³-hybridized carbons (Fsp3) is 0.562. The lowest BCUT2D eigenvalue weighted by Gasteiger charge is -2.35. The summed E-state index contributed by atoms with van der Waals surface area (Å²) < 4.78 is 5.34. The van der Waals surface area contributed by atoms with Gasteiger partial charge in [0, 0.05) is 10.9 Å². The number of halogens is 1. The maximum atomic E-state index is 12.5. The van der Waals surface area contributed by atoms with Crippen molar-refractivity contribution in [3.8, 4) is 0 Å². The zero-order valence-electron chi connectivity index (χ0n) is 11.3. The van der Waals surface area contributed by atoms with Gasteiger partial charge in [0.2, 0.25) is 0 Å². The third-order valence-corrected chi connectivity index (χ3v) is 4.46. The van der Waals surface area contributed by atoms with Crippen LogP contribution in [0.4, 0.5) is 0 Å². The van der Waals surface area contributed by atoms with Crippen molar-refractivity contribution < 1.29 is 9.53 Å². The molecule has 0 atom stereocenters. The van der Waals surface area contributed by atoms with Crippen LogP contribution in [-0.2, 0) is 20.3 Å². The molecule has 19 heavy (non-hydrogen) atoms. The molecule has 3 heteroatoms. The molecule has 2 rings (SSSR count). The highest BCUT2D eigenvalue weighted by Gasteiger charge is 2.42. The predicted molar refractivity (Wildman–Crippen MR) is 78.1 cm³/mol. The second-order valence-corrected chi connectivity index (χ2v) is 5.60. The number of carbonyl (C=O) groups is 1. The minimum Gasteiger partial charge on any atom is -0.465 e. The zero-order valence-corrected chi connectivity index (χ0v) is 12.9. The third-order valence-electron chi connectivity index (χ3n) is 3.86. The molecule has 0 heterocycles. The van der Waals surface area contributed by atoms with Crippen LogP contribution in [0.15, 0.2) is 12.1 Å². The molecule has 1 fully saturated rings. The van der Waals surface area contributed by atoms with Crippen LogP contribution in [0.1, 0.15) is 50.2 Å². The smallest absolute Gasteiger partial charge is 0.316 e. The molecule has 0 saturated heterocycles. The van der Waals surface area contributed by atoms with Gasteiger partial charge in [0.05, 0.1) is 12.0 Å². The molecular weight excluding hydrogens is 304 g/mol. The molecule has 1 aliphatic rings. The Kier molecular flexibility index (Phi) is 4.87. The number of esters is 1. The molecule has 1 saturated carbocycles. The predicted octanol–water partition coefficient (Wildman–Crippen LogP) is 3.95. The first-order chi connectivity index (χ1) is 9.23. The number of ether oxygens (including phenoxy) is 1. The van der Waals surface area contributed by atoms with Gasteiger partial charge >= 0.3 is 5.97 Å². The average molecular weight is 323 g/mol. The fourth-order valence-electron chi connectivity index (χ4n) is 2.86. The van der Waals surface area contributed by atoms with E-state index in [-0.39, 0.29) is 5.97 Å². The van der Waals surface area contributed by atoms with Crippen molar-refractivity contribution in [2.45, 2.75) is 49.8 Å². The van der Waals surface area contributed by atoms with Crippen molar-refractivity contribution in [2.24, 2.45) is 0 Å². The van der Waals surface area contributed by atoms with Gasteiger partial charge in [-0.2, -0.15) is 0 Å². The highest BCUT2D eigenvalue weighted by Crippen LogP contribution is 2.40. The number of hydrogen-bond donors (Lipinski definition) is 0. The summed E-state index contributed by atoms with van der Waals surface area (Å²) in [6.45, 7) is 2.30. The molecule has 2 nitrogen and oxygen atoms in total. The van der Waals surface area contributed by atoms with E-state index in [0.717, 1.165) is 42.1 Å². The van der Waals surface area contributed by atoms with Crippen molar-refractivity contribution in [3.63, 3.8) is 0 Å². The summed E-state index contributed by atoms with van der Waals surface area (Å²) in [5, 5.41) is 0.732. The third kappa shape index (κ3) is 2.95. The van der Waals surface area contributed by atoms with Crippen molar-refractivity contribution in [2.75, 3.05) is 6.61 Å². The normalized spacial score (nSPS) is 17.6. The highest BCUT2D eigenvalue weighted by molar-refractivity contribution is 9.08. The molecule has 0 aliphatic heterocycles. The van der Waals surface area contributed by atoms with Gasteiger partial charge in [0.1, 0.15) is 0 Å². The summed E-state index contributed by atoms with van der Waals surface area (Å²) in [5.41, 5.74) is 1.61. The van der Waals surface area contributed by atoms with Gasteiger partial charge in [-0.3, -0.25) is 4.79 Å². The van der Waals surface area contributed by atoms with Crippen LogP contribution in [-0.4, -0.2) is 12.6 Å². The molecule has 1 aromatic carbocycles. The second kappa shape index (κ2) is 6.43. The minimum absolute atomic E-state index is 0.0742. The van der Waals surface area contributed by atoms with E-state index in [1.54, 1.807) is 0 Å². The van der Waals surface area contributed by atoms with Crippen LogP contribution >= 0.6 is 15.9 Å². The van der Waals surface area contributed by atoms with Crippen LogP contribution in [0, 0.1) is 12.1 Å². The molecule has 0 bridgehead atoms. The van der Waals surface area contributed by atoms with Crippen LogP contribution in [0.2, 0.25) is 0 Å². The number of carbonyl (C=O) groups excluding carboxylic acids is 1. The number of hydrogen-bond acceptors (Lipinski definition) is 2. The number of alkyl halides is 1. The van der Waals surface area contributed by atoms with Crippen molar-refractivity contribution in [1.82, 2.24) is 0 Å². The van der Waals surface area contributed by atoms with Crippen LogP contribution < -0.4 is 0 Å². The molecule has 0 N–H and O–H groups in total. The maximum absolute atomic E-state index is 12.5. The first kappa shape index (κ1) is 14.4. The molecule has 0 unspecified atom stereocenters. The van der Waals surface area contributed by atoms with Crippen LogP contribution in [0.5, 0.6) is 0 Å². The molecular formula is C16H19BrO2. The second-order valence-electron chi connectivity index (χ2n) is 5.04. The van der Waals surface area contributed by atoms with Gasteiger partial charge in [-0.25, -0.2) is 0 Å². The summed E-state index contributed by atoms with van der Waals surface area (Å²) in [6.07, 6.45) is 5.13. The first-order valence-corrected chi connectivity index (χ1v) is 8.01. The molecule has 1 aliphatic carbocycles. The largest absolute Gasteiger partial charge is 0.465 e. The van der Waals surface area contributed by atoms with E-state index in [4.69, 9.17) is 4.74 Å². The summed E-state index contributed by atoms with van der Waals surface area (Å²) in [6, 6.07) is 10.1. The lowest BCUT2D eigenvalue weighted by Crippen LogP contribution is -2.39. The zero-order chi connectivity index (χ0) is 13.7. The van der Waals surface area contributed by atoms with Gasteiger partial charge in [0.25, 0.3) is 0 Å². The number of rotatable bonds is 4. The lowest BCUT2D eigenvalue weighted by molar-refractivity contribution is -0.151. The fourth-order valence-corrected chi connectivity index (χ4v) is 3.16. The molecule has 0 amide bonds. The van der Waals surface area contributed by atoms with Crippen LogP contribution in [0.25, 0.3) is 0 Å². The Balaban J connectivity index is 2.38. The maximum Gasteiger partial charge on any atom is 0.316 e. The van der Waals surface area contributed by atoms with E-state index < -0.39 is 5.41 Å². The van der Waals surface area contributed by atoms with E-state index in [0.29, 0.717) is 6.61 Å². The molecule has 0 radical (unpaired) electrons. The molecule has 0 spiro atoms. The Morgan fingerprint density at radius 2 is 2.16 bits per heavy atom. The lowest BCUT2D eigenvalue weighted by atomic mass is 9.69. The molecule has 0 aromatic heterocycles. The monoisotopic (exact) mass is 322 g/mol. The van der Waals surface area contributed by atoms with Gasteiger partial charge in [-0.05, 0) is 37.5 Å². The molecule has 102 valence electrons. The average Bonchev–Trinajstić information content (AvgIpc) is 2.48. The SMILES string of the molecule is CCOC(=O)C1(c2cc#cc(CBr)c2)CCCCC1. The van der Waals surface area contributed by atoms with Crippen molar-refractivity contribution in [1.29, 1.82) is 0 Å². The standard InChI is InChI=1S/C16H19BrO2/c1-2-19-15(18)16(9-4-3-5-10-16)14-8-6-7-13(11-14)12-17/h8,11H,2-5,9-10,12H2,1H3. The van der Waals surface area contributed by atoms with Gasteiger partial charge in [-0.15, -0.1) is 0 Å². The Morgan fingerprint density at radius 3 is 2.79 bits per heavy atom. The van der Waals surface area contributed by atoms with E-state index in [9.17, 15) is 4.79 Å². The van der Waals surface area contributed by atoms with E-state index >= 15 is 0 Å². The Labute approximate surface area is 123 Å².